The van der Waals surface area contributed by atoms with Crippen molar-refractivity contribution in [1.82, 2.24) is 0 Å². The van der Waals surface area contributed by atoms with Crippen LogP contribution in [0.2, 0.25) is 5.02 Å². The average molecular weight is 226 g/mol. The summed E-state index contributed by atoms with van der Waals surface area (Å²) in [5.41, 5.74) is 1.17. The minimum atomic E-state index is 0.181. The van der Waals surface area contributed by atoms with Gasteiger partial charge in [-0.3, -0.25) is 0 Å². The fraction of sp³-hybridized carbons (Fsp3) is 0.500. The number of halogens is 1. The van der Waals surface area contributed by atoms with Gasteiger partial charge in [0.1, 0.15) is 12.4 Å². The third-order valence-electron chi connectivity index (χ3n) is 2.72. The van der Waals surface area contributed by atoms with Crippen LogP contribution in [0, 0.1) is 5.41 Å². The molecule has 0 aromatic heterocycles. The van der Waals surface area contributed by atoms with E-state index in [-0.39, 0.29) is 5.41 Å². The summed E-state index contributed by atoms with van der Waals surface area (Å²) in [4.78, 5) is 0. The Labute approximate surface area is 95.6 Å². The number of hydrogen-bond donors (Lipinski definition) is 1. The minimum Gasteiger partial charge on any atom is -0.489 e. The Hall–Kier alpha value is -0.890. The van der Waals surface area contributed by atoms with Crippen molar-refractivity contribution in [2.75, 3.05) is 11.9 Å². The van der Waals surface area contributed by atoms with E-state index in [0.717, 1.165) is 16.5 Å². The van der Waals surface area contributed by atoms with Crippen LogP contribution >= 0.6 is 11.6 Å². The van der Waals surface area contributed by atoms with E-state index in [0.29, 0.717) is 12.6 Å². The number of fused-ring (bicyclic) bond motifs is 1. The lowest BCUT2D eigenvalue weighted by molar-refractivity contribution is 0.207. The van der Waals surface area contributed by atoms with Crippen LogP contribution in [0.3, 0.4) is 0 Å². The molecule has 1 aliphatic rings. The van der Waals surface area contributed by atoms with Crippen LogP contribution in [0.1, 0.15) is 20.8 Å². The molecule has 0 bridgehead atoms. The van der Waals surface area contributed by atoms with Crippen molar-refractivity contribution < 1.29 is 4.74 Å². The van der Waals surface area contributed by atoms with Crippen molar-refractivity contribution in [2.45, 2.75) is 26.8 Å². The third-order valence-corrected chi connectivity index (χ3v) is 2.96. The van der Waals surface area contributed by atoms with E-state index in [4.69, 9.17) is 16.3 Å². The number of hydrogen-bond acceptors (Lipinski definition) is 2. The fourth-order valence-electron chi connectivity index (χ4n) is 1.61. The molecule has 15 heavy (non-hydrogen) atoms. The Morgan fingerprint density at radius 3 is 2.80 bits per heavy atom. The van der Waals surface area contributed by atoms with Crippen molar-refractivity contribution in [3.63, 3.8) is 0 Å². The molecule has 0 amide bonds. The van der Waals surface area contributed by atoms with Crippen molar-refractivity contribution in [2.24, 2.45) is 5.41 Å². The summed E-state index contributed by atoms with van der Waals surface area (Å²) in [5.74, 6) is 0.889. The molecular weight excluding hydrogens is 210 g/mol. The number of nitrogens with one attached hydrogen (secondary N) is 1. The SMILES string of the molecule is CC(C)(C)C1COc2ccc(Cl)cc2N1. The monoisotopic (exact) mass is 225 g/mol. The molecule has 1 aliphatic heterocycles. The predicted molar refractivity (Wildman–Crippen MR) is 63.8 cm³/mol. The second kappa shape index (κ2) is 3.60. The molecule has 1 aromatic carbocycles. The summed E-state index contributed by atoms with van der Waals surface area (Å²) in [6.45, 7) is 7.30. The Bertz CT molecular complexity index is 370. The van der Waals surface area contributed by atoms with Gasteiger partial charge in [0.05, 0.1) is 11.7 Å². The Balaban J connectivity index is 2.26. The molecule has 1 aromatic rings. The molecule has 0 fully saturated rings. The van der Waals surface area contributed by atoms with Gasteiger partial charge in [0.2, 0.25) is 0 Å². The molecule has 0 aliphatic carbocycles. The van der Waals surface area contributed by atoms with Crippen LogP contribution in [0.15, 0.2) is 18.2 Å². The van der Waals surface area contributed by atoms with Gasteiger partial charge in [0.15, 0.2) is 0 Å². The highest BCUT2D eigenvalue weighted by atomic mass is 35.5. The number of benzene rings is 1. The number of rotatable bonds is 0. The largest absolute Gasteiger partial charge is 0.489 e. The Morgan fingerprint density at radius 1 is 1.40 bits per heavy atom. The first-order chi connectivity index (χ1) is 6.97. The molecular formula is C12H16ClNO. The summed E-state index contributed by atoms with van der Waals surface area (Å²) in [5, 5.41) is 4.20. The maximum atomic E-state index is 5.94. The van der Waals surface area contributed by atoms with E-state index in [1.165, 1.54) is 0 Å². The van der Waals surface area contributed by atoms with Crippen molar-refractivity contribution >= 4 is 17.3 Å². The average Bonchev–Trinajstić information content (AvgIpc) is 2.15. The maximum Gasteiger partial charge on any atom is 0.142 e. The van der Waals surface area contributed by atoms with Gasteiger partial charge in [-0.2, -0.15) is 0 Å². The van der Waals surface area contributed by atoms with Crippen molar-refractivity contribution in [1.29, 1.82) is 0 Å². The molecule has 0 saturated heterocycles. The first kappa shape index (κ1) is 10.6. The topological polar surface area (TPSA) is 21.3 Å². The summed E-state index contributed by atoms with van der Waals surface area (Å²) in [7, 11) is 0. The molecule has 0 spiro atoms. The molecule has 2 nitrogen and oxygen atoms in total. The first-order valence-electron chi connectivity index (χ1n) is 5.16. The molecule has 1 N–H and O–H groups in total. The molecule has 2 rings (SSSR count). The van der Waals surface area contributed by atoms with E-state index < -0.39 is 0 Å². The second-order valence-corrected chi connectivity index (χ2v) is 5.45. The van der Waals surface area contributed by atoms with Gasteiger partial charge in [-0.15, -0.1) is 0 Å². The van der Waals surface area contributed by atoms with Gasteiger partial charge < -0.3 is 10.1 Å². The predicted octanol–water partition coefficient (Wildman–Crippen LogP) is 3.56. The quantitative estimate of drug-likeness (QED) is 0.729. The Morgan fingerprint density at radius 2 is 2.13 bits per heavy atom. The first-order valence-corrected chi connectivity index (χ1v) is 5.53. The van der Waals surface area contributed by atoms with Crippen LogP contribution in [-0.4, -0.2) is 12.6 Å². The van der Waals surface area contributed by atoms with Gasteiger partial charge >= 0.3 is 0 Å². The van der Waals surface area contributed by atoms with Crippen LogP contribution in [0.4, 0.5) is 5.69 Å². The highest BCUT2D eigenvalue weighted by Gasteiger charge is 2.29. The zero-order valence-corrected chi connectivity index (χ0v) is 10.1. The van der Waals surface area contributed by atoms with Crippen molar-refractivity contribution in [3.8, 4) is 5.75 Å². The third kappa shape index (κ3) is 2.20. The molecule has 1 heterocycles. The molecule has 0 radical (unpaired) electrons. The maximum absolute atomic E-state index is 5.94. The summed E-state index contributed by atoms with van der Waals surface area (Å²) >= 11 is 5.94. The zero-order chi connectivity index (χ0) is 11.1. The standard InChI is InChI=1S/C12H16ClNO/c1-12(2,3)11-7-15-10-5-4-8(13)6-9(10)14-11/h4-6,11,14H,7H2,1-3H3. The highest BCUT2D eigenvalue weighted by Crippen LogP contribution is 2.35. The fourth-order valence-corrected chi connectivity index (χ4v) is 1.78. The second-order valence-electron chi connectivity index (χ2n) is 5.01. The normalized spacial score (nSPS) is 20.1. The minimum absolute atomic E-state index is 0.181. The lowest BCUT2D eigenvalue weighted by Crippen LogP contribution is -2.41. The van der Waals surface area contributed by atoms with Crippen LogP contribution in [0.25, 0.3) is 0 Å². The summed E-state index contributed by atoms with van der Waals surface area (Å²) in [6, 6.07) is 5.99. The molecule has 1 atom stereocenters. The van der Waals surface area contributed by atoms with Gasteiger partial charge in [-0.1, -0.05) is 32.4 Å². The van der Waals surface area contributed by atoms with Crippen molar-refractivity contribution in [3.05, 3.63) is 23.2 Å². The lowest BCUT2D eigenvalue weighted by atomic mass is 9.86. The van der Waals surface area contributed by atoms with Gasteiger partial charge in [0.25, 0.3) is 0 Å². The van der Waals surface area contributed by atoms with E-state index in [9.17, 15) is 0 Å². The van der Waals surface area contributed by atoms with Crippen LogP contribution in [0.5, 0.6) is 5.75 Å². The van der Waals surface area contributed by atoms with Crippen LogP contribution in [-0.2, 0) is 0 Å². The van der Waals surface area contributed by atoms with Crippen LogP contribution < -0.4 is 10.1 Å². The summed E-state index contributed by atoms with van der Waals surface area (Å²) in [6.07, 6.45) is 0. The molecule has 82 valence electrons. The number of anilines is 1. The molecule has 0 saturated carbocycles. The van der Waals surface area contributed by atoms with E-state index in [1.54, 1.807) is 0 Å². The van der Waals surface area contributed by atoms with E-state index >= 15 is 0 Å². The number of ether oxygens (including phenoxy) is 1. The van der Waals surface area contributed by atoms with E-state index in [1.807, 2.05) is 18.2 Å². The lowest BCUT2D eigenvalue weighted by Gasteiger charge is -2.36. The smallest absolute Gasteiger partial charge is 0.142 e. The van der Waals surface area contributed by atoms with Gasteiger partial charge in [0, 0.05) is 5.02 Å². The Kier molecular flexibility index (Phi) is 2.55. The highest BCUT2D eigenvalue weighted by molar-refractivity contribution is 6.30. The zero-order valence-electron chi connectivity index (χ0n) is 9.30. The molecule has 1 unspecified atom stereocenters. The van der Waals surface area contributed by atoms with Gasteiger partial charge in [-0.05, 0) is 23.6 Å². The molecule has 3 heteroatoms. The van der Waals surface area contributed by atoms with Gasteiger partial charge in [-0.25, -0.2) is 0 Å². The summed E-state index contributed by atoms with van der Waals surface area (Å²) < 4.78 is 5.70. The van der Waals surface area contributed by atoms with E-state index in [2.05, 4.69) is 26.1 Å².